The number of anilines is 1. The minimum Gasteiger partial charge on any atom is -0.325 e. The van der Waals surface area contributed by atoms with Crippen molar-refractivity contribution >= 4 is 40.9 Å². The lowest BCUT2D eigenvalue weighted by Gasteiger charge is -2.25. The maximum absolute atomic E-state index is 12.8. The first kappa shape index (κ1) is 22.7. The summed E-state index contributed by atoms with van der Waals surface area (Å²) in [6, 6.07) is 13.1. The van der Waals surface area contributed by atoms with E-state index >= 15 is 0 Å². The quantitative estimate of drug-likeness (QED) is 0.646. The van der Waals surface area contributed by atoms with Crippen LogP contribution in [0, 0.1) is 11.3 Å². The van der Waals surface area contributed by atoms with Gasteiger partial charge in [-0.15, -0.1) is 0 Å². The number of nitrogens with one attached hydrogen (secondary N) is 2. The number of hydrogen-bond donors (Lipinski definition) is 2. The molecule has 0 saturated carbocycles. The summed E-state index contributed by atoms with van der Waals surface area (Å²) in [6.45, 7) is 0. The highest BCUT2D eigenvalue weighted by Gasteiger charge is 2.31. The maximum Gasteiger partial charge on any atom is 0.416 e. The van der Waals surface area contributed by atoms with E-state index in [4.69, 9.17) is 11.6 Å². The van der Waals surface area contributed by atoms with E-state index in [0.29, 0.717) is 10.6 Å². The Morgan fingerprint density at radius 1 is 1.26 bits per heavy atom. The van der Waals surface area contributed by atoms with E-state index in [2.05, 4.69) is 16.7 Å². The lowest BCUT2D eigenvalue weighted by Crippen LogP contribution is -2.31. The zero-order chi connectivity index (χ0) is 22.6. The molecular formula is C21H15ClF3N3O2S. The molecule has 2 amide bonds. The molecule has 3 rings (SSSR count). The van der Waals surface area contributed by atoms with Crippen molar-refractivity contribution < 1.29 is 22.8 Å². The van der Waals surface area contributed by atoms with Crippen LogP contribution in [-0.2, 0) is 15.8 Å². The first-order valence-electron chi connectivity index (χ1n) is 8.97. The lowest BCUT2D eigenvalue weighted by atomic mass is 9.87. The fourth-order valence-corrected chi connectivity index (χ4v) is 4.02. The van der Waals surface area contributed by atoms with Crippen LogP contribution >= 0.6 is 23.4 Å². The van der Waals surface area contributed by atoms with E-state index in [1.807, 2.05) is 0 Å². The van der Waals surface area contributed by atoms with Gasteiger partial charge in [0.1, 0.15) is 0 Å². The van der Waals surface area contributed by atoms with Gasteiger partial charge in [-0.1, -0.05) is 41.6 Å². The lowest BCUT2D eigenvalue weighted by molar-refractivity contribution is -0.137. The monoisotopic (exact) mass is 465 g/mol. The highest BCUT2D eigenvalue weighted by Crippen LogP contribution is 2.36. The van der Waals surface area contributed by atoms with Gasteiger partial charge in [0.05, 0.1) is 28.0 Å². The first-order valence-corrected chi connectivity index (χ1v) is 10.3. The molecule has 31 heavy (non-hydrogen) atoms. The zero-order valence-corrected chi connectivity index (χ0v) is 17.4. The third-order valence-electron chi connectivity index (χ3n) is 4.45. The number of nitriles is 1. The highest BCUT2D eigenvalue weighted by atomic mass is 35.5. The second-order valence-corrected chi connectivity index (χ2v) is 8.05. The van der Waals surface area contributed by atoms with Gasteiger partial charge in [-0.3, -0.25) is 9.59 Å². The summed E-state index contributed by atoms with van der Waals surface area (Å²) in [4.78, 5) is 24.4. The molecule has 2 aromatic carbocycles. The molecule has 2 N–H and O–H groups in total. The second kappa shape index (κ2) is 9.45. The van der Waals surface area contributed by atoms with Gasteiger partial charge in [-0.25, -0.2) is 0 Å². The number of amides is 2. The Labute approximate surface area is 185 Å². The van der Waals surface area contributed by atoms with E-state index < -0.39 is 23.6 Å². The molecule has 0 saturated heterocycles. The third kappa shape index (κ3) is 5.81. The number of halogens is 4. The molecule has 1 atom stereocenters. The molecule has 10 heteroatoms. The highest BCUT2D eigenvalue weighted by molar-refractivity contribution is 8.03. The molecule has 0 aliphatic carbocycles. The maximum atomic E-state index is 12.8. The van der Waals surface area contributed by atoms with Crippen LogP contribution in [0.5, 0.6) is 0 Å². The average molecular weight is 466 g/mol. The van der Waals surface area contributed by atoms with Crippen molar-refractivity contribution in [3.05, 3.63) is 75.3 Å². The average Bonchev–Trinajstić information content (AvgIpc) is 2.72. The Bertz CT molecular complexity index is 1080. The summed E-state index contributed by atoms with van der Waals surface area (Å²) >= 11 is 6.83. The molecule has 160 valence electrons. The minimum absolute atomic E-state index is 0.00151. The van der Waals surface area contributed by atoms with Gasteiger partial charge in [-0.2, -0.15) is 18.4 Å². The molecule has 0 radical (unpaired) electrons. The molecular weight excluding hydrogens is 451 g/mol. The van der Waals surface area contributed by atoms with Crippen molar-refractivity contribution in [1.82, 2.24) is 5.32 Å². The van der Waals surface area contributed by atoms with E-state index in [0.717, 1.165) is 29.5 Å². The standard InChI is InChI=1S/C21H15ClF3N3O2S/c22-14-6-4-12(5-7-14)16-9-18(29)28-20(17(16)10-26)31-11-19(30)27-15-3-1-2-13(8-15)21(23,24)25/h1-8,16H,9,11H2,(H,27,30)(H,28,29)/t16-/m1/s1. The van der Waals surface area contributed by atoms with Crippen LogP contribution in [0.2, 0.25) is 5.02 Å². The molecule has 1 heterocycles. The van der Waals surface area contributed by atoms with Crippen LogP contribution in [0.3, 0.4) is 0 Å². The normalized spacial score (nSPS) is 16.5. The van der Waals surface area contributed by atoms with Crippen LogP contribution in [0.15, 0.2) is 59.1 Å². The van der Waals surface area contributed by atoms with Crippen LogP contribution in [-0.4, -0.2) is 17.6 Å². The van der Waals surface area contributed by atoms with Crippen LogP contribution in [0.4, 0.5) is 18.9 Å². The smallest absolute Gasteiger partial charge is 0.325 e. The molecule has 2 aromatic rings. The number of rotatable bonds is 5. The first-order chi connectivity index (χ1) is 14.7. The Balaban J connectivity index is 1.73. The number of benzene rings is 2. The van der Waals surface area contributed by atoms with Crippen molar-refractivity contribution in [2.24, 2.45) is 0 Å². The molecule has 0 unspecified atom stereocenters. The predicted octanol–water partition coefficient (Wildman–Crippen LogP) is 5.07. The van der Waals surface area contributed by atoms with Gasteiger partial charge in [0, 0.05) is 23.0 Å². The topological polar surface area (TPSA) is 82.0 Å². The number of carbonyl (C=O) groups is 2. The van der Waals surface area contributed by atoms with Crippen molar-refractivity contribution in [3.63, 3.8) is 0 Å². The van der Waals surface area contributed by atoms with Crippen LogP contribution in [0.1, 0.15) is 23.5 Å². The van der Waals surface area contributed by atoms with Crippen molar-refractivity contribution in [1.29, 1.82) is 5.26 Å². The van der Waals surface area contributed by atoms with E-state index in [-0.39, 0.29) is 28.8 Å². The molecule has 1 aliphatic heterocycles. The van der Waals surface area contributed by atoms with E-state index in [9.17, 15) is 28.0 Å². The number of alkyl halides is 3. The minimum atomic E-state index is -4.52. The van der Waals surface area contributed by atoms with Crippen molar-refractivity contribution in [2.45, 2.75) is 18.5 Å². The predicted molar refractivity (Wildman–Crippen MR) is 112 cm³/mol. The summed E-state index contributed by atoms with van der Waals surface area (Å²) in [7, 11) is 0. The van der Waals surface area contributed by atoms with E-state index in [1.54, 1.807) is 24.3 Å². The Morgan fingerprint density at radius 2 is 1.97 bits per heavy atom. The Morgan fingerprint density at radius 3 is 2.61 bits per heavy atom. The summed E-state index contributed by atoms with van der Waals surface area (Å²) in [5.74, 6) is -1.56. The van der Waals surface area contributed by atoms with Crippen molar-refractivity contribution in [3.8, 4) is 6.07 Å². The van der Waals surface area contributed by atoms with Gasteiger partial charge < -0.3 is 10.6 Å². The summed E-state index contributed by atoms with van der Waals surface area (Å²) in [5.41, 5.74) is 0.167. The fourth-order valence-electron chi connectivity index (χ4n) is 3.02. The van der Waals surface area contributed by atoms with Gasteiger partial charge in [0.15, 0.2) is 0 Å². The molecule has 0 fully saturated rings. The third-order valence-corrected chi connectivity index (χ3v) is 5.72. The second-order valence-electron chi connectivity index (χ2n) is 6.63. The number of allylic oxidation sites excluding steroid dienone is 1. The van der Waals surface area contributed by atoms with Crippen molar-refractivity contribution in [2.75, 3.05) is 11.1 Å². The SMILES string of the molecule is N#CC1=C(SCC(=O)Nc2cccc(C(F)(F)F)c2)NC(=O)C[C@@H]1c1ccc(Cl)cc1. The van der Waals surface area contributed by atoms with Gasteiger partial charge in [0.25, 0.3) is 0 Å². The number of thioether (sulfide) groups is 1. The van der Waals surface area contributed by atoms with Gasteiger partial charge >= 0.3 is 6.18 Å². The van der Waals surface area contributed by atoms with E-state index in [1.165, 1.54) is 12.1 Å². The van der Waals surface area contributed by atoms with Crippen LogP contribution in [0.25, 0.3) is 0 Å². The summed E-state index contributed by atoms with van der Waals surface area (Å²) in [6.07, 6.45) is -4.45. The summed E-state index contributed by atoms with van der Waals surface area (Å²) < 4.78 is 38.4. The van der Waals surface area contributed by atoms with Gasteiger partial charge in [0.2, 0.25) is 11.8 Å². The molecule has 1 aliphatic rings. The number of nitrogens with zero attached hydrogens (tertiary/aromatic N) is 1. The zero-order valence-electron chi connectivity index (χ0n) is 15.8. The largest absolute Gasteiger partial charge is 0.416 e. The number of hydrogen-bond acceptors (Lipinski definition) is 4. The molecule has 0 spiro atoms. The van der Waals surface area contributed by atoms with Crippen LogP contribution < -0.4 is 10.6 Å². The summed E-state index contributed by atoms with van der Waals surface area (Å²) in [5, 5.41) is 15.4. The molecule has 5 nitrogen and oxygen atoms in total. The molecule has 0 aromatic heterocycles. The fraction of sp³-hybridized carbons (Fsp3) is 0.190. The molecule has 0 bridgehead atoms. The Kier molecular flexibility index (Phi) is 6.93. The Hall–Kier alpha value is -2.96. The van der Waals surface area contributed by atoms with Gasteiger partial charge in [-0.05, 0) is 35.9 Å². The number of carbonyl (C=O) groups excluding carboxylic acids is 2.